The molecule has 0 radical (unpaired) electrons. The minimum atomic E-state index is -1.78. The van der Waals surface area contributed by atoms with Gasteiger partial charge in [-0.05, 0) is 73.0 Å². The van der Waals surface area contributed by atoms with Gasteiger partial charge in [0.15, 0.2) is 5.75 Å². The van der Waals surface area contributed by atoms with E-state index in [1.165, 1.54) is 23.1 Å². The van der Waals surface area contributed by atoms with Crippen LogP contribution in [0.15, 0.2) is 83.2 Å². The number of halogens is 1. The number of anilines is 2. The molecule has 3 aromatic rings. The molecule has 1 unspecified atom stereocenters. The Labute approximate surface area is 225 Å². The van der Waals surface area contributed by atoms with Gasteiger partial charge in [0.25, 0.3) is 12.3 Å². The molecule has 39 heavy (non-hydrogen) atoms. The molecule has 2 heterocycles. The monoisotopic (exact) mass is 532 g/mol. The molecule has 202 valence electrons. The molecule has 3 amide bonds. The highest BCUT2D eigenvalue weighted by Gasteiger charge is 2.40. The smallest absolute Gasteiger partial charge is 0.350 e. The quantitative estimate of drug-likeness (QED) is 0.447. The second kappa shape index (κ2) is 11.5. The van der Waals surface area contributed by atoms with E-state index in [-0.39, 0.29) is 23.7 Å². The van der Waals surface area contributed by atoms with E-state index in [0.717, 1.165) is 29.3 Å². The Bertz CT molecular complexity index is 1370. The first-order valence-electron chi connectivity index (χ1n) is 12.9. The van der Waals surface area contributed by atoms with Crippen LogP contribution in [0.25, 0.3) is 0 Å². The minimum absolute atomic E-state index is 0.0400. The summed E-state index contributed by atoms with van der Waals surface area (Å²) in [4.78, 5) is 29.9. The number of ether oxygens (including phenoxy) is 1. The number of likely N-dealkylation sites (tertiary alicyclic amines) is 1. The number of carbonyl (C=O) groups excluding carboxylic acids is 2. The molecule has 0 bridgehead atoms. The Morgan fingerprint density at radius 2 is 1.69 bits per heavy atom. The second-order valence-electron chi connectivity index (χ2n) is 9.11. The number of hydrogen-bond donors (Lipinski definition) is 1. The summed E-state index contributed by atoms with van der Waals surface area (Å²) in [6, 6.07) is 19.5. The van der Waals surface area contributed by atoms with Gasteiger partial charge in [0, 0.05) is 19.6 Å². The number of para-hydroxylation sites is 4. The zero-order chi connectivity index (χ0) is 27.4. The summed E-state index contributed by atoms with van der Waals surface area (Å²) < 4.78 is 21.1. The second-order valence-corrected chi connectivity index (χ2v) is 9.11. The van der Waals surface area contributed by atoms with Crippen LogP contribution in [0.2, 0.25) is 0 Å². The number of urea groups is 1. The van der Waals surface area contributed by atoms with Crippen molar-refractivity contribution in [2.45, 2.75) is 32.5 Å². The normalized spacial score (nSPS) is 16.9. The highest BCUT2D eigenvalue weighted by Crippen LogP contribution is 2.35. The zero-order valence-corrected chi connectivity index (χ0v) is 21.5. The Hall–Kier alpha value is -4.51. The Balaban J connectivity index is 1.40. The summed E-state index contributed by atoms with van der Waals surface area (Å²) in [6.07, 6.45) is 0.988. The van der Waals surface area contributed by atoms with Crippen LogP contribution < -0.4 is 14.6 Å². The maximum absolute atomic E-state index is 15.1. The minimum Gasteiger partial charge on any atom is -0.455 e. The van der Waals surface area contributed by atoms with Crippen LogP contribution in [0.3, 0.4) is 0 Å². The third kappa shape index (κ3) is 5.26. The predicted octanol–water partition coefficient (Wildman–Crippen LogP) is 5.57. The van der Waals surface area contributed by atoms with Gasteiger partial charge in [-0.3, -0.25) is 9.69 Å². The number of rotatable bonds is 6. The molecule has 1 atom stereocenters. The molecule has 1 saturated heterocycles. The van der Waals surface area contributed by atoms with Gasteiger partial charge < -0.3 is 14.7 Å². The molecule has 0 spiro atoms. The lowest BCUT2D eigenvalue weighted by Gasteiger charge is -2.30. The SMILES string of the molecule is CCN(C(=O)N1N=NN(c2c(F)cccc2C(=O)N2CCCCC2)C1O)c1ccccc1Oc1ccccc1. The van der Waals surface area contributed by atoms with Crippen LogP contribution in [0.4, 0.5) is 20.6 Å². The molecule has 2 aliphatic rings. The largest absolute Gasteiger partial charge is 0.455 e. The van der Waals surface area contributed by atoms with E-state index in [9.17, 15) is 14.7 Å². The Kier molecular flexibility index (Phi) is 7.69. The fraction of sp³-hybridized carbons (Fsp3) is 0.286. The molecule has 0 aliphatic carbocycles. The maximum atomic E-state index is 15.1. The number of nitrogens with zero attached hydrogens (tertiary/aromatic N) is 6. The molecular weight excluding hydrogens is 503 g/mol. The average Bonchev–Trinajstić information content (AvgIpc) is 3.35. The molecule has 11 heteroatoms. The van der Waals surface area contributed by atoms with Gasteiger partial charge in [0.05, 0.1) is 11.3 Å². The lowest BCUT2D eigenvalue weighted by Crippen LogP contribution is -2.48. The molecule has 10 nitrogen and oxygen atoms in total. The van der Waals surface area contributed by atoms with Crippen molar-refractivity contribution >= 4 is 23.3 Å². The third-order valence-electron chi connectivity index (χ3n) is 6.63. The van der Waals surface area contributed by atoms with Crippen LogP contribution in [0.5, 0.6) is 11.5 Å². The number of piperidine rings is 1. The number of benzene rings is 3. The van der Waals surface area contributed by atoms with Crippen LogP contribution in [0, 0.1) is 5.82 Å². The van der Waals surface area contributed by atoms with Crippen molar-refractivity contribution in [3.8, 4) is 11.5 Å². The summed E-state index contributed by atoms with van der Waals surface area (Å²) in [5, 5.41) is 20.4. The summed E-state index contributed by atoms with van der Waals surface area (Å²) in [6.45, 7) is 3.12. The first-order valence-corrected chi connectivity index (χ1v) is 12.9. The lowest BCUT2D eigenvalue weighted by atomic mass is 10.1. The van der Waals surface area contributed by atoms with E-state index in [1.807, 2.05) is 18.2 Å². The van der Waals surface area contributed by atoms with Crippen molar-refractivity contribution in [3.63, 3.8) is 0 Å². The Morgan fingerprint density at radius 3 is 2.44 bits per heavy atom. The van der Waals surface area contributed by atoms with E-state index in [1.54, 1.807) is 48.2 Å². The van der Waals surface area contributed by atoms with Gasteiger partial charge in [-0.15, -0.1) is 5.01 Å². The standard InChI is InChI=1S/C28H29FN6O4/c1-2-33(23-16-7-8-17-24(23)39-20-12-5-3-6-13-20)27(37)35-28(38)34(30-31-35)25-21(14-11-15-22(25)29)26(36)32-18-9-4-10-19-32/h3,5-8,11-17,28,38H,2,4,9-10,18-19H2,1H3. The molecule has 0 aromatic heterocycles. The number of aliphatic hydroxyl groups excluding tert-OH is 1. The summed E-state index contributed by atoms with van der Waals surface area (Å²) in [5.41, 5.74) is 0.246. The molecule has 0 saturated carbocycles. The molecular formula is C28H29FN6O4. The molecule has 1 fully saturated rings. The van der Waals surface area contributed by atoms with E-state index in [4.69, 9.17) is 4.74 Å². The molecule has 2 aliphatic heterocycles. The van der Waals surface area contributed by atoms with Crippen LogP contribution >= 0.6 is 0 Å². The Morgan fingerprint density at radius 1 is 0.974 bits per heavy atom. The summed E-state index contributed by atoms with van der Waals surface area (Å²) in [7, 11) is 0. The molecule has 3 aromatic carbocycles. The van der Waals surface area contributed by atoms with Crippen molar-refractivity contribution in [1.82, 2.24) is 9.91 Å². The third-order valence-corrected chi connectivity index (χ3v) is 6.63. The predicted molar refractivity (Wildman–Crippen MR) is 143 cm³/mol. The van der Waals surface area contributed by atoms with Gasteiger partial charge >= 0.3 is 6.03 Å². The summed E-state index contributed by atoms with van der Waals surface area (Å²) >= 11 is 0. The average molecular weight is 533 g/mol. The molecule has 1 N–H and O–H groups in total. The van der Waals surface area contributed by atoms with Gasteiger partial charge in [-0.1, -0.05) is 36.4 Å². The number of carbonyl (C=O) groups is 2. The fourth-order valence-electron chi connectivity index (χ4n) is 4.68. The lowest BCUT2D eigenvalue weighted by molar-refractivity contribution is 0.0533. The number of amides is 3. The summed E-state index contributed by atoms with van der Waals surface area (Å²) in [5.74, 6) is -0.117. The van der Waals surface area contributed by atoms with Crippen LogP contribution in [-0.2, 0) is 0 Å². The zero-order valence-electron chi connectivity index (χ0n) is 21.5. The highest BCUT2D eigenvalue weighted by molar-refractivity contribution is 6.00. The van der Waals surface area contributed by atoms with Crippen molar-refractivity contribution in [1.29, 1.82) is 0 Å². The first-order chi connectivity index (χ1) is 19.0. The first kappa shape index (κ1) is 26.1. The topological polar surface area (TPSA) is 101 Å². The van der Waals surface area contributed by atoms with Crippen LogP contribution in [-0.4, -0.2) is 52.9 Å². The van der Waals surface area contributed by atoms with E-state index >= 15 is 4.39 Å². The van der Waals surface area contributed by atoms with E-state index in [2.05, 4.69) is 10.4 Å². The maximum Gasteiger partial charge on any atom is 0.350 e. The van der Waals surface area contributed by atoms with Crippen molar-refractivity contribution < 1.29 is 23.8 Å². The van der Waals surface area contributed by atoms with E-state index < -0.39 is 18.2 Å². The number of aliphatic hydroxyl groups is 1. The highest BCUT2D eigenvalue weighted by atomic mass is 19.1. The fourth-order valence-corrected chi connectivity index (χ4v) is 4.68. The van der Waals surface area contributed by atoms with E-state index in [0.29, 0.717) is 30.3 Å². The molecule has 5 rings (SSSR count). The van der Waals surface area contributed by atoms with Gasteiger partial charge in [-0.2, -0.15) is 5.01 Å². The van der Waals surface area contributed by atoms with Crippen molar-refractivity contribution in [2.24, 2.45) is 10.4 Å². The number of hydrogen-bond acceptors (Lipinski definition) is 7. The van der Waals surface area contributed by atoms with Gasteiger partial charge in [-0.25, -0.2) is 9.18 Å². The van der Waals surface area contributed by atoms with Gasteiger partial charge in [0.1, 0.15) is 17.3 Å². The van der Waals surface area contributed by atoms with Crippen molar-refractivity contribution in [2.75, 3.05) is 29.5 Å². The van der Waals surface area contributed by atoms with Crippen molar-refractivity contribution in [3.05, 3.63) is 84.2 Å². The van der Waals surface area contributed by atoms with Crippen LogP contribution in [0.1, 0.15) is 36.5 Å². The van der Waals surface area contributed by atoms with Gasteiger partial charge in [0.2, 0.25) is 0 Å².